The van der Waals surface area contributed by atoms with Gasteiger partial charge in [0.2, 0.25) is 10.0 Å². The number of hydrogen-bond acceptors (Lipinski definition) is 3. The smallest absolute Gasteiger partial charge is 0.322 e. The van der Waals surface area contributed by atoms with Crippen LogP contribution in [0, 0.1) is 12.8 Å². The van der Waals surface area contributed by atoms with Crippen LogP contribution in [0.5, 0.6) is 0 Å². The summed E-state index contributed by atoms with van der Waals surface area (Å²) in [6.45, 7) is 5.29. The Labute approximate surface area is 127 Å². The van der Waals surface area contributed by atoms with Crippen LogP contribution < -0.4 is 4.72 Å². The van der Waals surface area contributed by atoms with Gasteiger partial charge < -0.3 is 5.11 Å². The van der Waals surface area contributed by atoms with E-state index in [1.807, 2.05) is 6.92 Å². The molecule has 1 aromatic rings. The number of aryl methyl sites for hydroxylation is 1. The first kappa shape index (κ1) is 17.1. The highest BCUT2D eigenvalue weighted by Gasteiger charge is 2.30. The van der Waals surface area contributed by atoms with Crippen LogP contribution in [0.1, 0.15) is 25.8 Å². The van der Waals surface area contributed by atoms with Gasteiger partial charge in [0, 0.05) is 4.47 Å². The molecule has 0 saturated heterocycles. The number of rotatable bonds is 6. The minimum Gasteiger partial charge on any atom is -0.480 e. The molecule has 0 amide bonds. The van der Waals surface area contributed by atoms with Gasteiger partial charge in [-0.3, -0.25) is 4.79 Å². The molecule has 0 aliphatic carbocycles. The molecule has 1 rings (SSSR count). The van der Waals surface area contributed by atoms with Crippen LogP contribution in [-0.4, -0.2) is 25.5 Å². The summed E-state index contributed by atoms with van der Waals surface area (Å²) >= 11 is 3.23. The maximum absolute atomic E-state index is 12.3. The number of aliphatic carboxylic acids is 1. The fourth-order valence-corrected chi connectivity index (χ4v) is 4.06. The van der Waals surface area contributed by atoms with Gasteiger partial charge in [0.05, 0.1) is 4.90 Å². The zero-order valence-corrected chi connectivity index (χ0v) is 14.0. The van der Waals surface area contributed by atoms with Crippen LogP contribution in [0.4, 0.5) is 0 Å². The summed E-state index contributed by atoms with van der Waals surface area (Å²) in [5.41, 5.74) is 0.767. The fourth-order valence-electron chi connectivity index (χ4n) is 1.70. The SMILES string of the molecule is CC[C@H](C)[C@H](NS(=O)(=O)c1cccc(C)c1Br)C(=O)O. The third kappa shape index (κ3) is 3.80. The van der Waals surface area contributed by atoms with Gasteiger partial charge in [0.25, 0.3) is 0 Å². The third-order valence-electron chi connectivity index (χ3n) is 3.21. The number of carbonyl (C=O) groups is 1. The van der Waals surface area contributed by atoms with Crippen LogP contribution in [-0.2, 0) is 14.8 Å². The summed E-state index contributed by atoms with van der Waals surface area (Å²) in [5.74, 6) is -1.47. The number of hydrogen-bond donors (Lipinski definition) is 2. The third-order valence-corrected chi connectivity index (χ3v) is 6.01. The molecule has 0 aliphatic heterocycles. The first-order chi connectivity index (χ1) is 9.20. The standard InChI is InChI=1S/C13H18BrNO4S/c1-4-8(2)12(13(16)17)15-20(18,19)10-7-5-6-9(3)11(10)14/h5-8,12,15H,4H2,1-3H3,(H,16,17)/t8-,12-/m0/s1. The lowest BCUT2D eigenvalue weighted by Crippen LogP contribution is -2.45. The van der Waals surface area contributed by atoms with Gasteiger partial charge in [0.1, 0.15) is 6.04 Å². The van der Waals surface area contributed by atoms with Crippen molar-refractivity contribution in [2.45, 2.75) is 38.1 Å². The number of benzene rings is 1. The van der Waals surface area contributed by atoms with E-state index >= 15 is 0 Å². The molecule has 0 radical (unpaired) electrons. The van der Waals surface area contributed by atoms with Crippen molar-refractivity contribution in [2.75, 3.05) is 0 Å². The van der Waals surface area contributed by atoms with Crippen LogP contribution >= 0.6 is 15.9 Å². The molecule has 2 N–H and O–H groups in total. The number of carboxylic acid groups (broad SMARTS) is 1. The summed E-state index contributed by atoms with van der Waals surface area (Å²) in [4.78, 5) is 11.3. The molecular weight excluding hydrogens is 346 g/mol. The maximum Gasteiger partial charge on any atom is 0.322 e. The number of sulfonamides is 1. The van der Waals surface area contributed by atoms with Crippen LogP contribution in [0.15, 0.2) is 27.6 Å². The van der Waals surface area contributed by atoms with Crippen molar-refractivity contribution in [1.82, 2.24) is 4.72 Å². The van der Waals surface area contributed by atoms with Gasteiger partial charge in [-0.25, -0.2) is 8.42 Å². The molecule has 0 unspecified atom stereocenters. The highest BCUT2D eigenvalue weighted by atomic mass is 79.9. The number of carboxylic acids is 1. The van der Waals surface area contributed by atoms with Crippen LogP contribution in [0.25, 0.3) is 0 Å². The molecule has 0 spiro atoms. The van der Waals surface area contributed by atoms with Gasteiger partial charge in [-0.15, -0.1) is 0 Å². The van der Waals surface area contributed by atoms with Crippen molar-refractivity contribution in [3.63, 3.8) is 0 Å². The monoisotopic (exact) mass is 363 g/mol. The van der Waals surface area contributed by atoms with E-state index in [0.29, 0.717) is 10.9 Å². The largest absolute Gasteiger partial charge is 0.480 e. The lowest BCUT2D eigenvalue weighted by Gasteiger charge is -2.20. The second-order valence-electron chi connectivity index (χ2n) is 4.71. The summed E-state index contributed by atoms with van der Waals surface area (Å²) in [7, 11) is -3.89. The Bertz CT molecular complexity index is 600. The zero-order chi connectivity index (χ0) is 15.5. The molecule has 0 fully saturated rings. The molecule has 0 heterocycles. The number of halogens is 1. The van der Waals surface area contributed by atoms with E-state index in [2.05, 4.69) is 20.7 Å². The molecule has 20 heavy (non-hydrogen) atoms. The van der Waals surface area contributed by atoms with E-state index in [1.54, 1.807) is 26.0 Å². The molecule has 0 aromatic heterocycles. The van der Waals surface area contributed by atoms with Crippen LogP contribution in [0.3, 0.4) is 0 Å². The molecule has 2 atom stereocenters. The van der Waals surface area contributed by atoms with Crippen molar-refractivity contribution >= 4 is 31.9 Å². The van der Waals surface area contributed by atoms with E-state index in [4.69, 9.17) is 0 Å². The van der Waals surface area contributed by atoms with Gasteiger partial charge in [-0.1, -0.05) is 32.4 Å². The first-order valence-corrected chi connectivity index (χ1v) is 8.48. The Hall–Kier alpha value is -0.920. The molecule has 7 heteroatoms. The average molecular weight is 364 g/mol. The van der Waals surface area contributed by atoms with E-state index in [1.165, 1.54) is 6.07 Å². The van der Waals surface area contributed by atoms with Gasteiger partial charge in [0.15, 0.2) is 0 Å². The number of nitrogens with one attached hydrogen (secondary N) is 1. The summed E-state index contributed by atoms with van der Waals surface area (Å²) in [6, 6.07) is 3.69. The van der Waals surface area contributed by atoms with Crippen molar-refractivity contribution in [1.29, 1.82) is 0 Å². The zero-order valence-electron chi connectivity index (χ0n) is 11.6. The Morgan fingerprint density at radius 3 is 2.55 bits per heavy atom. The van der Waals surface area contributed by atoms with Gasteiger partial charge >= 0.3 is 5.97 Å². The highest BCUT2D eigenvalue weighted by molar-refractivity contribution is 9.10. The molecule has 0 saturated carbocycles. The Kier molecular flexibility index (Phi) is 5.73. The quantitative estimate of drug-likeness (QED) is 0.813. The van der Waals surface area contributed by atoms with Crippen molar-refractivity contribution in [3.8, 4) is 0 Å². The summed E-state index contributed by atoms with van der Waals surface area (Å²) in [6.07, 6.45) is 0.564. The second kappa shape index (κ2) is 6.69. The lowest BCUT2D eigenvalue weighted by molar-refractivity contribution is -0.140. The van der Waals surface area contributed by atoms with Crippen molar-refractivity contribution < 1.29 is 18.3 Å². The molecule has 0 bridgehead atoms. The minimum absolute atomic E-state index is 0.0482. The molecule has 5 nitrogen and oxygen atoms in total. The average Bonchev–Trinajstić information content (AvgIpc) is 2.37. The summed E-state index contributed by atoms with van der Waals surface area (Å²) < 4.78 is 27.4. The Balaban J connectivity index is 3.17. The fraction of sp³-hybridized carbons (Fsp3) is 0.462. The molecule has 1 aromatic carbocycles. The van der Waals surface area contributed by atoms with Gasteiger partial charge in [-0.05, 0) is 40.4 Å². The topological polar surface area (TPSA) is 83.5 Å². The molecule has 112 valence electrons. The lowest BCUT2D eigenvalue weighted by atomic mass is 10.0. The molecular formula is C13H18BrNO4S. The Morgan fingerprint density at radius 1 is 1.45 bits per heavy atom. The predicted molar refractivity (Wildman–Crippen MR) is 80.1 cm³/mol. The van der Waals surface area contributed by atoms with Crippen LogP contribution in [0.2, 0.25) is 0 Å². The highest BCUT2D eigenvalue weighted by Crippen LogP contribution is 2.25. The molecule has 0 aliphatic rings. The second-order valence-corrected chi connectivity index (χ2v) is 7.19. The van der Waals surface area contributed by atoms with Gasteiger partial charge in [-0.2, -0.15) is 4.72 Å². The summed E-state index contributed by atoms with van der Waals surface area (Å²) in [5, 5.41) is 9.17. The van der Waals surface area contributed by atoms with E-state index in [-0.39, 0.29) is 10.8 Å². The van der Waals surface area contributed by atoms with E-state index < -0.39 is 22.0 Å². The first-order valence-electron chi connectivity index (χ1n) is 6.21. The minimum atomic E-state index is -3.89. The van der Waals surface area contributed by atoms with E-state index in [0.717, 1.165) is 5.56 Å². The predicted octanol–water partition coefficient (Wildman–Crippen LogP) is 2.54. The normalized spacial score (nSPS) is 14.8. The maximum atomic E-state index is 12.3. The Morgan fingerprint density at radius 2 is 2.05 bits per heavy atom. The van der Waals surface area contributed by atoms with Crippen molar-refractivity contribution in [2.24, 2.45) is 5.92 Å². The van der Waals surface area contributed by atoms with E-state index in [9.17, 15) is 18.3 Å². The van der Waals surface area contributed by atoms with Crippen molar-refractivity contribution in [3.05, 3.63) is 28.2 Å².